The number of aliphatic hydroxyl groups is 1. The maximum absolute atomic E-state index is 11.5. The zero-order valence-corrected chi connectivity index (χ0v) is 19.0. The summed E-state index contributed by atoms with van der Waals surface area (Å²) in [6.45, 7) is 3.25. The molecule has 3 N–H and O–H groups in total. The number of aliphatic hydroxyl groups excluding tert-OH is 1. The summed E-state index contributed by atoms with van der Waals surface area (Å²) in [6, 6.07) is 23.1. The van der Waals surface area contributed by atoms with Crippen LogP contribution in [0.25, 0.3) is 11.1 Å². The number of methoxy groups -OCH3 is 1. The summed E-state index contributed by atoms with van der Waals surface area (Å²) in [5.41, 5.74) is 4.07. The first-order chi connectivity index (χ1) is 16.0. The molecule has 174 valence electrons. The molecule has 0 fully saturated rings. The highest BCUT2D eigenvalue weighted by Gasteiger charge is 2.14. The first kappa shape index (κ1) is 24.5. The normalized spacial score (nSPS) is 12.8. The Balaban J connectivity index is 1.61. The molecule has 0 heterocycles. The van der Waals surface area contributed by atoms with E-state index in [1.165, 1.54) is 5.56 Å². The first-order valence-corrected chi connectivity index (χ1v) is 11.0. The van der Waals surface area contributed by atoms with E-state index >= 15 is 0 Å². The zero-order chi connectivity index (χ0) is 23.6. The molecular formula is C27H31NO5. The molecule has 0 saturated carbocycles. The van der Waals surface area contributed by atoms with Gasteiger partial charge in [0.15, 0.2) is 0 Å². The maximum atomic E-state index is 11.5. The van der Waals surface area contributed by atoms with Gasteiger partial charge in [0.25, 0.3) is 0 Å². The number of carboxylic acid groups (broad SMARTS) is 1. The van der Waals surface area contributed by atoms with Crippen LogP contribution in [0.5, 0.6) is 5.75 Å². The molecule has 0 bridgehead atoms. The van der Waals surface area contributed by atoms with Crippen molar-refractivity contribution in [1.29, 1.82) is 0 Å². The summed E-state index contributed by atoms with van der Waals surface area (Å²) in [4.78, 5) is 11.5. The van der Waals surface area contributed by atoms with Gasteiger partial charge in [-0.25, -0.2) is 4.79 Å². The lowest BCUT2D eigenvalue weighted by atomic mass is 9.99. The van der Waals surface area contributed by atoms with Crippen LogP contribution in [0.2, 0.25) is 0 Å². The Hall–Kier alpha value is -3.19. The largest absolute Gasteiger partial charge is 0.490 e. The molecule has 0 saturated heterocycles. The third kappa shape index (κ3) is 7.15. The number of hydrogen-bond acceptors (Lipinski definition) is 5. The van der Waals surface area contributed by atoms with Gasteiger partial charge in [0, 0.05) is 19.7 Å². The number of rotatable bonds is 12. The monoisotopic (exact) mass is 449 g/mol. The van der Waals surface area contributed by atoms with Gasteiger partial charge in [0.1, 0.15) is 17.9 Å². The van der Waals surface area contributed by atoms with E-state index in [0.29, 0.717) is 18.9 Å². The van der Waals surface area contributed by atoms with E-state index < -0.39 is 12.1 Å². The van der Waals surface area contributed by atoms with Crippen molar-refractivity contribution in [1.82, 2.24) is 5.32 Å². The Kier molecular flexibility index (Phi) is 9.01. The highest BCUT2D eigenvalue weighted by molar-refractivity contribution is 5.92. The topological polar surface area (TPSA) is 88.0 Å². The minimum absolute atomic E-state index is 0.129. The van der Waals surface area contributed by atoms with Crippen LogP contribution in [-0.2, 0) is 11.2 Å². The smallest absolute Gasteiger partial charge is 0.339 e. The number of hydrogen-bond donors (Lipinski definition) is 3. The molecule has 0 aliphatic heterocycles. The Morgan fingerprint density at radius 1 is 0.970 bits per heavy atom. The van der Waals surface area contributed by atoms with Crippen LogP contribution in [0.3, 0.4) is 0 Å². The molecule has 0 aliphatic carbocycles. The van der Waals surface area contributed by atoms with Gasteiger partial charge in [-0.05, 0) is 47.7 Å². The van der Waals surface area contributed by atoms with Gasteiger partial charge < -0.3 is 25.0 Å². The third-order valence-electron chi connectivity index (χ3n) is 5.43. The number of aromatic carboxylic acids is 1. The molecule has 6 nitrogen and oxygen atoms in total. The van der Waals surface area contributed by atoms with Crippen molar-refractivity contribution >= 4 is 5.97 Å². The molecule has 33 heavy (non-hydrogen) atoms. The number of carboxylic acids is 1. The van der Waals surface area contributed by atoms with Crippen LogP contribution in [-0.4, -0.2) is 49.1 Å². The second kappa shape index (κ2) is 12.2. The lowest BCUT2D eigenvalue weighted by Crippen LogP contribution is -2.32. The van der Waals surface area contributed by atoms with E-state index in [-0.39, 0.29) is 18.2 Å². The van der Waals surface area contributed by atoms with Crippen LogP contribution in [0, 0.1) is 0 Å². The van der Waals surface area contributed by atoms with Crippen molar-refractivity contribution in [3.8, 4) is 16.9 Å². The summed E-state index contributed by atoms with van der Waals surface area (Å²) in [5.74, 6) is -0.695. The fourth-order valence-electron chi connectivity index (χ4n) is 3.60. The predicted octanol–water partition coefficient (Wildman–Crippen LogP) is 4.33. The van der Waals surface area contributed by atoms with Crippen LogP contribution in [0.15, 0.2) is 72.8 Å². The Morgan fingerprint density at radius 2 is 1.67 bits per heavy atom. The minimum atomic E-state index is -1.02. The van der Waals surface area contributed by atoms with Gasteiger partial charge >= 0.3 is 5.97 Å². The summed E-state index contributed by atoms with van der Waals surface area (Å²) in [7, 11) is 1.57. The van der Waals surface area contributed by atoms with Crippen LogP contribution in [0.4, 0.5) is 0 Å². The summed E-state index contributed by atoms with van der Waals surface area (Å²) in [6.07, 6.45) is 0.288. The molecule has 0 unspecified atom stereocenters. The molecule has 0 aliphatic rings. The van der Waals surface area contributed by atoms with E-state index in [2.05, 4.69) is 24.4 Å². The van der Waals surface area contributed by atoms with E-state index in [4.69, 9.17) is 9.47 Å². The lowest BCUT2D eigenvalue weighted by Gasteiger charge is -2.18. The number of carbonyl (C=O) groups is 1. The van der Waals surface area contributed by atoms with Crippen molar-refractivity contribution < 1.29 is 24.5 Å². The zero-order valence-electron chi connectivity index (χ0n) is 19.0. The van der Waals surface area contributed by atoms with Crippen LogP contribution < -0.4 is 10.1 Å². The molecule has 3 aromatic rings. The number of benzene rings is 3. The molecular weight excluding hydrogens is 418 g/mol. The Morgan fingerprint density at radius 3 is 2.33 bits per heavy atom. The predicted molar refractivity (Wildman–Crippen MR) is 129 cm³/mol. The number of nitrogens with one attached hydrogen (secondary N) is 1. The summed E-state index contributed by atoms with van der Waals surface area (Å²) < 4.78 is 10.6. The summed E-state index contributed by atoms with van der Waals surface area (Å²) in [5, 5.41) is 23.1. The Bertz CT molecular complexity index is 1020. The molecule has 0 radical (unpaired) electrons. The average molecular weight is 450 g/mol. The highest BCUT2D eigenvalue weighted by atomic mass is 16.5. The molecule has 0 amide bonds. The quantitative estimate of drug-likeness (QED) is 0.357. The van der Waals surface area contributed by atoms with Crippen molar-refractivity contribution in [2.45, 2.75) is 25.5 Å². The van der Waals surface area contributed by atoms with E-state index in [9.17, 15) is 15.0 Å². The fourth-order valence-corrected chi connectivity index (χ4v) is 3.60. The lowest BCUT2D eigenvalue weighted by molar-refractivity contribution is 0.0689. The van der Waals surface area contributed by atoms with Crippen molar-refractivity contribution in [2.24, 2.45) is 0 Å². The molecule has 6 heteroatoms. The molecule has 3 rings (SSSR count). The van der Waals surface area contributed by atoms with Gasteiger partial charge in [-0.1, -0.05) is 60.7 Å². The minimum Gasteiger partial charge on any atom is -0.490 e. The van der Waals surface area contributed by atoms with Crippen LogP contribution >= 0.6 is 0 Å². The SMILES string of the molecule is COCCOc1cc(-c2ccc(C[C@@H](C)NC[C@H](O)c3ccccc3)cc2)ccc1C(=O)O. The standard InChI is InChI=1S/C27H31NO5/c1-19(28-18-25(29)22-6-4-3-5-7-22)16-20-8-10-21(11-9-20)23-12-13-24(27(30)31)26(17-23)33-15-14-32-2/h3-13,17,19,25,28-29H,14-16,18H2,1-2H3,(H,30,31)/t19-,25+/m1/s1. The second-order valence-corrected chi connectivity index (χ2v) is 7.99. The van der Waals surface area contributed by atoms with Gasteiger partial charge in [-0.15, -0.1) is 0 Å². The Labute approximate surface area is 194 Å². The van der Waals surface area contributed by atoms with Crippen molar-refractivity contribution in [3.05, 3.63) is 89.5 Å². The maximum Gasteiger partial charge on any atom is 0.339 e. The van der Waals surface area contributed by atoms with E-state index in [0.717, 1.165) is 23.1 Å². The van der Waals surface area contributed by atoms with E-state index in [1.54, 1.807) is 25.3 Å². The third-order valence-corrected chi connectivity index (χ3v) is 5.43. The highest BCUT2D eigenvalue weighted by Crippen LogP contribution is 2.28. The summed E-state index contributed by atoms with van der Waals surface area (Å²) >= 11 is 0. The van der Waals surface area contributed by atoms with Gasteiger partial charge in [0.05, 0.1) is 12.7 Å². The molecule has 3 aromatic carbocycles. The van der Waals surface area contributed by atoms with Gasteiger partial charge in [-0.3, -0.25) is 0 Å². The first-order valence-electron chi connectivity index (χ1n) is 11.0. The van der Waals surface area contributed by atoms with Gasteiger partial charge in [0.2, 0.25) is 0 Å². The van der Waals surface area contributed by atoms with Crippen molar-refractivity contribution in [3.63, 3.8) is 0 Å². The molecule has 0 aromatic heterocycles. The van der Waals surface area contributed by atoms with Crippen LogP contribution in [0.1, 0.15) is 34.5 Å². The fraction of sp³-hybridized carbons (Fsp3) is 0.296. The van der Waals surface area contributed by atoms with E-state index in [1.807, 2.05) is 42.5 Å². The molecule has 2 atom stereocenters. The number of ether oxygens (including phenoxy) is 2. The average Bonchev–Trinajstić information content (AvgIpc) is 2.83. The molecule has 0 spiro atoms. The van der Waals surface area contributed by atoms with Crippen molar-refractivity contribution in [2.75, 3.05) is 26.9 Å². The van der Waals surface area contributed by atoms with Gasteiger partial charge in [-0.2, -0.15) is 0 Å². The second-order valence-electron chi connectivity index (χ2n) is 7.99.